The summed E-state index contributed by atoms with van der Waals surface area (Å²) in [6.45, 7) is 14.7. The third-order valence-electron chi connectivity index (χ3n) is 4.71. The minimum atomic E-state index is 0.0820. The van der Waals surface area contributed by atoms with Crippen molar-refractivity contribution in [1.82, 2.24) is 14.8 Å². The summed E-state index contributed by atoms with van der Waals surface area (Å²) in [4.78, 5) is 21.8. The molecule has 3 rings (SSSR count). The Morgan fingerprint density at radius 1 is 1.21 bits per heavy atom. The molecule has 0 aliphatic carbocycles. The van der Waals surface area contributed by atoms with E-state index < -0.39 is 0 Å². The van der Waals surface area contributed by atoms with Crippen molar-refractivity contribution >= 4 is 17.2 Å². The second-order valence-corrected chi connectivity index (χ2v) is 8.94. The lowest BCUT2D eigenvalue weighted by Gasteiger charge is -2.34. The summed E-state index contributed by atoms with van der Waals surface area (Å²) < 4.78 is 5.47. The number of hydrogen-bond acceptors (Lipinski definition) is 5. The van der Waals surface area contributed by atoms with E-state index >= 15 is 0 Å². The van der Waals surface area contributed by atoms with Crippen molar-refractivity contribution in [1.29, 1.82) is 0 Å². The van der Waals surface area contributed by atoms with E-state index in [0.717, 1.165) is 44.2 Å². The Bertz CT molecular complexity index is 800. The highest BCUT2D eigenvalue weighted by Crippen LogP contribution is 2.26. The number of rotatable bonds is 6. The molecule has 28 heavy (non-hydrogen) atoms. The molecule has 0 bridgehead atoms. The summed E-state index contributed by atoms with van der Waals surface area (Å²) in [7, 11) is 0. The fraction of sp³-hybridized carbons (Fsp3) is 0.455. The second kappa shape index (κ2) is 8.88. The van der Waals surface area contributed by atoms with Crippen LogP contribution in [0.3, 0.4) is 0 Å². The van der Waals surface area contributed by atoms with E-state index in [2.05, 4.69) is 37.6 Å². The highest BCUT2D eigenvalue weighted by atomic mass is 32.1. The number of aromatic nitrogens is 1. The van der Waals surface area contributed by atoms with Gasteiger partial charge in [-0.25, -0.2) is 4.98 Å². The van der Waals surface area contributed by atoms with Crippen LogP contribution in [-0.2, 0) is 12.0 Å². The monoisotopic (exact) mass is 399 g/mol. The first-order valence-corrected chi connectivity index (χ1v) is 10.5. The molecule has 1 saturated heterocycles. The van der Waals surface area contributed by atoms with Crippen LogP contribution in [0.2, 0.25) is 0 Å². The zero-order chi connectivity index (χ0) is 20.1. The molecule has 2 heterocycles. The normalized spacial score (nSPS) is 15.5. The van der Waals surface area contributed by atoms with Gasteiger partial charge in [0.05, 0.1) is 10.7 Å². The third kappa shape index (κ3) is 5.20. The molecular weight excluding hydrogens is 370 g/mol. The number of piperazine rings is 1. The van der Waals surface area contributed by atoms with Gasteiger partial charge in [-0.15, -0.1) is 11.3 Å². The van der Waals surface area contributed by atoms with Gasteiger partial charge in [-0.05, 0) is 24.3 Å². The van der Waals surface area contributed by atoms with Crippen LogP contribution < -0.4 is 4.74 Å². The lowest BCUT2D eigenvalue weighted by atomic mass is 9.98. The van der Waals surface area contributed by atoms with Gasteiger partial charge in [0.25, 0.3) is 5.91 Å². The summed E-state index contributed by atoms with van der Waals surface area (Å²) in [6, 6.07) is 7.33. The molecule has 0 saturated carbocycles. The van der Waals surface area contributed by atoms with Gasteiger partial charge in [-0.3, -0.25) is 9.69 Å². The van der Waals surface area contributed by atoms with Gasteiger partial charge >= 0.3 is 0 Å². The van der Waals surface area contributed by atoms with Gasteiger partial charge in [0.15, 0.2) is 0 Å². The zero-order valence-corrected chi connectivity index (χ0v) is 17.8. The standard InChI is InChI=1S/C22H29N3O2S/c1-5-14-27-19-8-6-17(7-9-19)20(26)25-12-10-24(11-13-25)15-18-16-28-21(23-18)22(2,3)4/h5-9,16H,1,10-15H2,2-4H3. The first-order chi connectivity index (χ1) is 13.4. The van der Waals surface area contributed by atoms with Gasteiger partial charge in [0.2, 0.25) is 0 Å². The number of thiazole rings is 1. The quantitative estimate of drug-likeness (QED) is 0.690. The van der Waals surface area contributed by atoms with Crippen molar-refractivity contribution in [3.05, 3.63) is 58.6 Å². The Kier molecular flexibility index (Phi) is 6.52. The van der Waals surface area contributed by atoms with Gasteiger partial charge in [0.1, 0.15) is 12.4 Å². The Hall–Kier alpha value is -2.18. The summed E-state index contributed by atoms with van der Waals surface area (Å²) >= 11 is 1.74. The molecule has 2 aromatic rings. The minimum absolute atomic E-state index is 0.0820. The van der Waals surface area contributed by atoms with E-state index in [9.17, 15) is 4.79 Å². The van der Waals surface area contributed by atoms with Crippen LogP contribution in [0.5, 0.6) is 5.75 Å². The number of benzene rings is 1. The summed E-state index contributed by atoms with van der Waals surface area (Å²) in [5, 5.41) is 3.34. The smallest absolute Gasteiger partial charge is 0.253 e. The second-order valence-electron chi connectivity index (χ2n) is 8.09. The van der Waals surface area contributed by atoms with Crippen molar-refractivity contribution in [2.24, 2.45) is 0 Å². The number of amides is 1. The molecular formula is C22H29N3O2S. The SMILES string of the molecule is C=CCOc1ccc(C(=O)N2CCN(Cc3csc(C(C)(C)C)n3)CC2)cc1. The highest BCUT2D eigenvalue weighted by Gasteiger charge is 2.23. The molecule has 5 nitrogen and oxygen atoms in total. The van der Waals surface area contributed by atoms with E-state index in [1.807, 2.05) is 29.2 Å². The van der Waals surface area contributed by atoms with Gasteiger partial charge < -0.3 is 9.64 Å². The first-order valence-electron chi connectivity index (χ1n) is 9.67. The van der Waals surface area contributed by atoms with Crippen LogP contribution in [-0.4, -0.2) is 53.5 Å². The van der Waals surface area contributed by atoms with Crippen molar-refractivity contribution in [2.75, 3.05) is 32.8 Å². The Morgan fingerprint density at radius 2 is 1.89 bits per heavy atom. The molecule has 150 valence electrons. The largest absolute Gasteiger partial charge is 0.490 e. The molecule has 0 unspecified atom stereocenters. The molecule has 0 spiro atoms. The molecule has 0 N–H and O–H groups in total. The molecule has 0 radical (unpaired) electrons. The zero-order valence-electron chi connectivity index (χ0n) is 17.0. The molecule has 1 amide bonds. The highest BCUT2D eigenvalue weighted by molar-refractivity contribution is 7.09. The molecule has 1 fully saturated rings. The summed E-state index contributed by atoms with van der Waals surface area (Å²) in [5.74, 6) is 0.831. The average Bonchev–Trinajstić information content (AvgIpc) is 3.16. The molecule has 6 heteroatoms. The predicted octanol–water partition coefficient (Wildman–Crippen LogP) is 3.96. The maximum absolute atomic E-state index is 12.7. The van der Waals surface area contributed by atoms with Crippen molar-refractivity contribution in [2.45, 2.75) is 32.7 Å². The maximum atomic E-state index is 12.7. The van der Waals surface area contributed by atoms with E-state index in [4.69, 9.17) is 9.72 Å². The Morgan fingerprint density at radius 3 is 2.46 bits per heavy atom. The number of carbonyl (C=O) groups excluding carboxylic acids is 1. The average molecular weight is 400 g/mol. The van der Waals surface area contributed by atoms with Gasteiger partial charge in [-0.1, -0.05) is 33.4 Å². The molecule has 1 aliphatic rings. The number of nitrogens with zero attached hydrogens (tertiary/aromatic N) is 3. The van der Waals surface area contributed by atoms with Gasteiger partial charge in [0, 0.05) is 49.1 Å². The first kappa shape index (κ1) is 20.6. The van der Waals surface area contributed by atoms with Crippen LogP contribution in [0.1, 0.15) is 41.8 Å². The van der Waals surface area contributed by atoms with E-state index in [1.165, 1.54) is 5.01 Å². The van der Waals surface area contributed by atoms with Gasteiger partial charge in [-0.2, -0.15) is 0 Å². The van der Waals surface area contributed by atoms with Crippen molar-refractivity contribution in [3.63, 3.8) is 0 Å². The molecule has 0 atom stereocenters. The van der Waals surface area contributed by atoms with Crippen LogP contribution in [0.15, 0.2) is 42.3 Å². The van der Waals surface area contributed by atoms with Crippen LogP contribution in [0.4, 0.5) is 0 Å². The minimum Gasteiger partial charge on any atom is -0.490 e. The molecule has 1 aromatic carbocycles. The summed E-state index contributed by atoms with van der Waals surface area (Å²) in [6.07, 6.45) is 1.70. The fourth-order valence-electron chi connectivity index (χ4n) is 3.09. The predicted molar refractivity (Wildman–Crippen MR) is 114 cm³/mol. The van der Waals surface area contributed by atoms with E-state index in [1.54, 1.807) is 17.4 Å². The number of hydrogen-bond donors (Lipinski definition) is 0. The van der Waals surface area contributed by atoms with Crippen LogP contribution in [0, 0.1) is 0 Å². The lowest BCUT2D eigenvalue weighted by molar-refractivity contribution is 0.0627. The summed E-state index contributed by atoms with van der Waals surface area (Å²) in [5.41, 5.74) is 1.93. The van der Waals surface area contributed by atoms with Crippen LogP contribution >= 0.6 is 11.3 Å². The van der Waals surface area contributed by atoms with E-state index in [-0.39, 0.29) is 11.3 Å². The Labute approximate surface area is 171 Å². The molecule has 1 aromatic heterocycles. The third-order valence-corrected chi connectivity index (χ3v) is 6.02. The number of carbonyl (C=O) groups is 1. The van der Waals surface area contributed by atoms with Crippen LogP contribution in [0.25, 0.3) is 0 Å². The fourth-order valence-corrected chi connectivity index (χ4v) is 3.99. The maximum Gasteiger partial charge on any atom is 0.253 e. The number of ether oxygens (including phenoxy) is 1. The van der Waals surface area contributed by atoms with Crippen molar-refractivity contribution < 1.29 is 9.53 Å². The van der Waals surface area contributed by atoms with E-state index in [0.29, 0.717) is 12.2 Å². The Balaban J connectivity index is 1.51. The lowest BCUT2D eigenvalue weighted by Crippen LogP contribution is -2.48. The van der Waals surface area contributed by atoms with Crippen molar-refractivity contribution in [3.8, 4) is 5.75 Å². The topological polar surface area (TPSA) is 45.7 Å². The molecule has 1 aliphatic heterocycles.